The van der Waals surface area contributed by atoms with Gasteiger partial charge in [0, 0.05) is 11.3 Å². The third-order valence-corrected chi connectivity index (χ3v) is 2.11. The molecule has 0 aliphatic carbocycles. The van der Waals surface area contributed by atoms with E-state index in [0.29, 0.717) is 11.3 Å². The molecule has 0 radical (unpaired) electrons. The quantitative estimate of drug-likeness (QED) is 0.499. The first-order chi connectivity index (χ1) is 6.38. The zero-order chi connectivity index (χ0) is 10.8. The van der Waals surface area contributed by atoms with E-state index in [9.17, 15) is 8.42 Å². The van der Waals surface area contributed by atoms with E-state index in [1.54, 1.807) is 24.3 Å². The van der Waals surface area contributed by atoms with Crippen LogP contribution in [0.3, 0.4) is 0 Å². The maximum atomic E-state index is 10.8. The molecule has 0 bridgehead atoms. The fourth-order valence-electron chi connectivity index (χ4n) is 0.932. The van der Waals surface area contributed by atoms with Crippen LogP contribution in [0.4, 0.5) is 5.69 Å². The van der Waals surface area contributed by atoms with Gasteiger partial charge in [0.05, 0.1) is 6.26 Å². The molecule has 0 aromatic heterocycles. The van der Waals surface area contributed by atoms with Gasteiger partial charge in [0.15, 0.2) is 0 Å². The van der Waals surface area contributed by atoms with E-state index in [1.165, 1.54) is 0 Å². The number of nitrogens with one attached hydrogen (secondary N) is 2. The maximum Gasteiger partial charge on any atom is 0.229 e. The Morgan fingerprint density at radius 3 is 2.21 bits per heavy atom. The molecule has 0 heterocycles. The molecule has 0 saturated carbocycles. The van der Waals surface area contributed by atoms with Gasteiger partial charge in [-0.2, -0.15) is 0 Å². The summed E-state index contributed by atoms with van der Waals surface area (Å²) in [7, 11) is -3.25. The Kier molecular flexibility index (Phi) is 2.76. The Balaban J connectivity index is 2.90. The van der Waals surface area contributed by atoms with Crippen LogP contribution in [-0.2, 0) is 10.0 Å². The molecule has 0 aliphatic rings. The predicted molar refractivity (Wildman–Crippen MR) is 55.9 cm³/mol. The van der Waals surface area contributed by atoms with E-state index in [2.05, 4.69) is 4.72 Å². The lowest BCUT2D eigenvalue weighted by Gasteiger charge is -2.04. The number of hydrogen-bond acceptors (Lipinski definition) is 3. The van der Waals surface area contributed by atoms with Crippen LogP contribution in [-0.4, -0.2) is 20.5 Å². The predicted octanol–water partition coefficient (Wildman–Crippen LogP) is 0.342. The lowest BCUT2D eigenvalue weighted by atomic mass is 10.2. The fourth-order valence-corrected chi connectivity index (χ4v) is 1.50. The van der Waals surface area contributed by atoms with E-state index in [4.69, 9.17) is 11.1 Å². The molecule has 1 aromatic carbocycles. The van der Waals surface area contributed by atoms with Crippen molar-refractivity contribution in [1.82, 2.24) is 0 Å². The summed E-state index contributed by atoms with van der Waals surface area (Å²) in [4.78, 5) is 0. The third kappa shape index (κ3) is 3.06. The highest BCUT2D eigenvalue weighted by molar-refractivity contribution is 7.92. The molecule has 0 fully saturated rings. The zero-order valence-electron chi connectivity index (χ0n) is 7.61. The Morgan fingerprint density at radius 1 is 1.36 bits per heavy atom. The lowest BCUT2D eigenvalue weighted by Crippen LogP contribution is -2.12. The number of nitrogen functional groups attached to an aromatic ring is 1. The van der Waals surface area contributed by atoms with Crippen LogP contribution in [0.2, 0.25) is 0 Å². The van der Waals surface area contributed by atoms with Gasteiger partial charge in [-0.25, -0.2) is 8.42 Å². The van der Waals surface area contributed by atoms with E-state index in [0.717, 1.165) is 6.26 Å². The molecule has 14 heavy (non-hydrogen) atoms. The Morgan fingerprint density at radius 2 is 1.86 bits per heavy atom. The topological polar surface area (TPSA) is 96.0 Å². The standard InChI is InChI=1S/C8H11N3O2S/c1-14(12,13)11-7-4-2-6(3-5-7)8(9)10/h2-5,11H,1H3,(H3,9,10). The van der Waals surface area contributed by atoms with Crippen molar-refractivity contribution in [2.24, 2.45) is 5.73 Å². The van der Waals surface area contributed by atoms with Gasteiger partial charge in [0.2, 0.25) is 10.0 Å². The Bertz CT molecular complexity index is 436. The average Bonchev–Trinajstić information content (AvgIpc) is 2.02. The second-order valence-electron chi connectivity index (χ2n) is 2.87. The lowest BCUT2D eigenvalue weighted by molar-refractivity contribution is 0.607. The van der Waals surface area contributed by atoms with Crippen LogP contribution in [0.15, 0.2) is 24.3 Å². The van der Waals surface area contributed by atoms with Gasteiger partial charge in [-0.05, 0) is 24.3 Å². The van der Waals surface area contributed by atoms with Crippen LogP contribution in [0.25, 0.3) is 0 Å². The number of anilines is 1. The van der Waals surface area contributed by atoms with Crippen molar-refractivity contribution in [3.05, 3.63) is 29.8 Å². The second kappa shape index (κ2) is 3.67. The summed E-state index contributed by atoms with van der Waals surface area (Å²) in [5.41, 5.74) is 6.25. The first-order valence-electron chi connectivity index (χ1n) is 3.81. The van der Waals surface area contributed by atoms with Crippen LogP contribution in [0, 0.1) is 5.41 Å². The van der Waals surface area contributed by atoms with Crippen LogP contribution in [0.1, 0.15) is 5.56 Å². The van der Waals surface area contributed by atoms with Crippen molar-refractivity contribution in [3.63, 3.8) is 0 Å². The van der Waals surface area contributed by atoms with Gasteiger partial charge < -0.3 is 5.73 Å². The molecular formula is C8H11N3O2S. The number of sulfonamides is 1. The first-order valence-corrected chi connectivity index (χ1v) is 5.70. The summed E-state index contributed by atoms with van der Waals surface area (Å²) < 4.78 is 24.0. The van der Waals surface area contributed by atoms with Crippen LogP contribution >= 0.6 is 0 Å². The van der Waals surface area contributed by atoms with E-state index in [1.807, 2.05) is 0 Å². The second-order valence-corrected chi connectivity index (χ2v) is 4.61. The van der Waals surface area contributed by atoms with Crippen molar-refractivity contribution in [3.8, 4) is 0 Å². The molecule has 6 heteroatoms. The number of rotatable bonds is 3. The summed E-state index contributed by atoms with van der Waals surface area (Å²) in [5.74, 6) is -0.0455. The molecular weight excluding hydrogens is 202 g/mol. The van der Waals surface area contributed by atoms with Gasteiger partial charge in [-0.3, -0.25) is 10.1 Å². The SMILES string of the molecule is CS(=O)(=O)Nc1ccc(C(=N)N)cc1. The Hall–Kier alpha value is -1.56. The molecule has 0 spiro atoms. The number of nitrogens with two attached hydrogens (primary N) is 1. The summed E-state index contributed by atoms with van der Waals surface area (Å²) in [5, 5.41) is 7.12. The third-order valence-electron chi connectivity index (χ3n) is 1.50. The van der Waals surface area contributed by atoms with Crippen molar-refractivity contribution in [2.45, 2.75) is 0 Å². The first kappa shape index (κ1) is 10.5. The molecule has 1 rings (SSSR count). The molecule has 76 valence electrons. The van der Waals surface area contributed by atoms with Crippen molar-refractivity contribution in [2.75, 3.05) is 11.0 Å². The minimum atomic E-state index is -3.25. The summed E-state index contributed by atoms with van der Waals surface area (Å²) in [6.07, 6.45) is 1.08. The van der Waals surface area contributed by atoms with Gasteiger partial charge in [0.25, 0.3) is 0 Å². The molecule has 0 aliphatic heterocycles. The van der Waals surface area contributed by atoms with Gasteiger partial charge in [-0.15, -0.1) is 0 Å². The minimum Gasteiger partial charge on any atom is -0.384 e. The minimum absolute atomic E-state index is 0.0455. The van der Waals surface area contributed by atoms with Gasteiger partial charge >= 0.3 is 0 Å². The average molecular weight is 213 g/mol. The summed E-state index contributed by atoms with van der Waals surface area (Å²) in [6, 6.07) is 6.27. The zero-order valence-corrected chi connectivity index (χ0v) is 8.43. The van der Waals surface area contributed by atoms with Gasteiger partial charge in [-0.1, -0.05) is 0 Å². The largest absolute Gasteiger partial charge is 0.384 e. The maximum absolute atomic E-state index is 10.8. The highest BCUT2D eigenvalue weighted by Gasteiger charge is 2.01. The van der Waals surface area contributed by atoms with Crippen molar-refractivity contribution >= 4 is 21.5 Å². The highest BCUT2D eigenvalue weighted by Crippen LogP contribution is 2.10. The van der Waals surface area contributed by atoms with E-state index < -0.39 is 10.0 Å². The van der Waals surface area contributed by atoms with E-state index in [-0.39, 0.29) is 5.84 Å². The molecule has 0 saturated heterocycles. The van der Waals surface area contributed by atoms with E-state index >= 15 is 0 Å². The normalized spacial score (nSPS) is 10.9. The molecule has 1 aromatic rings. The van der Waals surface area contributed by atoms with Crippen LogP contribution < -0.4 is 10.5 Å². The van der Waals surface area contributed by atoms with Crippen LogP contribution in [0.5, 0.6) is 0 Å². The molecule has 5 nitrogen and oxygen atoms in total. The molecule has 4 N–H and O–H groups in total. The number of benzene rings is 1. The smallest absolute Gasteiger partial charge is 0.229 e. The number of hydrogen-bond donors (Lipinski definition) is 3. The molecule has 0 amide bonds. The van der Waals surface area contributed by atoms with Gasteiger partial charge in [0.1, 0.15) is 5.84 Å². The molecule has 0 atom stereocenters. The summed E-state index contributed by atoms with van der Waals surface area (Å²) in [6.45, 7) is 0. The molecule has 0 unspecified atom stereocenters. The Labute approximate surface area is 82.5 Å². The highest BCUT2D eigenvalue weighted by atomic mass is 32.2. The monoisotopic (exact) mass is 213 g/mol. The summed E-state index contributed by atoms with van der Waals surface area (Å²) >= 11 is 0. The van der Waals surface area contributed by atoms with Crippen molar-refractivity contribution in [1.29, 1.82) is 5.41 Å². The van der Waals surface area contributed by atoms with Crippen molar-refractivity contribution < 1.29 is 8.42 Å². The number of amidine groups is 1. The fraction of sp³-hybridized carbons (Fsp3) is 0.125.